The molecule has 6 atom stereocenters. The average Bonchev–Trinajstić information content (AvgIpc) is 3.38. The number of nitrogens with zero attached hydrogens (tertiary/aromatic N) is 3. The smallest absolute Gasteiger partial charge is 0.408 e. The average molecular weight is 804 g/mol. The number of hydrogen-bond donors (Lipinski definition) is 1. The van der Waals surface area contributed by atoms with Crippen LogP contribution in [0.25, 0.3) is 0 Å². The van der Waals surface area contributed by atoms with Crippen LogP contribution in [0, 0.1) is 29.0 Å². The molecule has 9 nitrogen and oxygen atoms in total. The van der Waals surface area contributed by atoms with Crippen LogP contribution in [0.4, 0.5) is 9.18 Å². The minimum atomic E-state index is -3.67. The lowest BCUT2D eigenvalue weighted by Gasteiger charge is -2.62. The summed E-state index contributed by atoms with van der Waals surface area (Å²) in [7, 11) is 1.75. The number of ether oxygens (including phenoxy) is 2. The van der Waals surface area contributed by atoms with Crippen LogP contribution in [0.2, 0.25) is 10.0 Å². The van der Waals surface area contributed by atoms with Crippen LogP contribution in [-0.4, -0.2) is 80.4 Å². The van der Waals surface area contributed by atoms with E-state index in [1.54, 1.807) is 6.07 Å². The van der Waals surface area contributed by atoms with E-state index in [-0.39, 0.29) is 48.5 Å². The molecular formula is C41H53Cl2FN4O5S. The van der Waals surface area contributed by atoms with Crippen molar-refractivity contribution in [2.45, 2.75) is 84.4 Å². The minimum Gasteiger partial charge on any atom is -0.494 e. The number of methoxy groups -OCH3 is 1. The van der Waals surface area contributed by atoms with Gasteiger partial charge in [-0.25, -0.2) is 17.6 Å². The molecule has 7 rings (SSSR count). The summed E-state index contributed by atoms with van der Waals surface area (Å²) < 4.78 is 54.8. The number of amides is 1. The third-order valence-electron chi connectivity index (χ3n) is 12.1. The number of halogens is 3. The van der Waals surface area contributed by atoms with E-state index in [2.05, 4.69) is 35.9 Å². The van der Waals surface area contributed by atoms with Gasteiger partial charge in [0.15, 0.2) is 17.8 Å². The number of fused-ring (bicyclic) bond motifs is 2. The molecule has 54 heavy (non-hydrogen) atoms. The lowest BCUT2D eigenvalue weighted by Crippen LogP contribution is -2.60. The molecule has 4 aliphatic rings. The Labute approximate surface area is 330 Å². The highest BCUT2D eigenvalue weighted by atomic mass is 35.5. The zero-order valence-corrected chi connectivity index (χ0v) is 34.4. The summed E-state index contributed by atoms with van der Waals surface area (Å²) in [6.45, 7) is 8.11. The summed E-state index contributed by atoms with van der Waals surface area (Å²) >= 11 is 13.0. The fourth-order valence-electron chi connectivity index (χ4n) is 8.96. The molecule has 0 radical (unpaired) electrons. The van der Waals surface area contributed by atoms with E-state index in [1.165, 1.54) is 23.9 Å². The zero-order chi connectivity index (χ0) is 38.9. The molecule has 1 amide bonds. The number of benzene rings is 3. The Morgan fingerprint density at radius 3 is 2.44 bits per heavy atom. The van der Waals surface area contributed by atoms with Crippen LogP contribution in [0.3, 0.4) is 0 Å². The Hall–Kier alpha value is -2.93. The Kier molecular flexibility index (Phi) is 12.6. The number of hydrogen-bond acceptors (Lipinski definition) is 7. The lowest BCUT2D eigenvalue weighted by atomic mass is 9.45. The van der Waals surface area contributed by atoms with Gasteiger partial charge in [-0.05, 0) is 97.5 Å². The molecule has 3 aromatic rings. The highest BCUT2D eigenvalue weighted by Crippen LogP contribution is 2.61. The maximum absolute atomic E-state index is 15.8. The summed E-state index contributed by atoms with van der Waals surface area (Å²) in [4.78, 5) is 17.5. The van der Waals surface area contributed by atoms with Gasteiger partial charge in [0.1, 0.15) is 0 Å². The summed E-state index contributed by atoms with van der Waals surface area (Å²) in [6.07, 6.45) is 1.45. The van der Waals surface area contributed by atoms with Crippen molar-refractivity contribution in [2.75, 3.05) is 33.5 Å². The van der Waals surface area contributed by atoms with E-state index in [9.17, 15) is 13.2 Å². The van der Waals surface area contributed by atoms with E-state index in [0.717, 1.165) is 23.1 Å². The minimum absolute atomic E-state index is 0.0101. The van der Waals surface area contributed by atoms with Crippen molar-refractivity contribution in [3.8, 4) is 5.75 Å². The first-order chi connectivity index (χ1) is 25.5. The van der Waals surface area contributed by atoms with Crippen molar-refractivity contribution >= 4 is 39.3 Å². The van der Waals surface area contributed by atoms with Crippen LogP contribution < -0.4 is 10.1 Å². The fraction of sp³-hybridized carbons (Fsp3) is 0.537. The number of rotatable bonds is 14. The van der Waals surface area contributed by atoms with Crippen molar-refractivity contribution in [3.05, 3.63) is 98.8 Å². The lowest BCUT2D eigenvalue weighted by molar-refractivity contribution is -0.114. The molecule has 1 unspecified atom stereocenters. The normalized spacial score (nSPS) is 25.0. The van der Waals surface area contributed by atoms with Crippen LogP contribution in [0.15, 0.2) is 60.7 Å². The maximum Gasteiger partial charge on any atom is 0.408 e. The van der Waals surface area contributed by atoms with Gasteiger partial charge in [0, 0.05) is 60.3 Å². The van der Waals surface area contributed by atoms with Gasteiger partial charge < -0.3 is 19.7 Å². The largest absolute Gasteiger partial charge is 0.494 e. The van der Waals surface area contributed by atoms with Crippen molar-refractivity contribution in [1.29, 1.82) is 0 Å². The van der Waals surface area contributed by atoms with Gasteiger partial charge >= 0.3 is 6.09 Å². The standard InChI is InChI=1S/C41H53Cl2FN4O5S/c1-26-34-20-30(41(34,2)3)21-36(26)45-40(49)53-38-15-16-54(50,51)48(38)23-29-11-7-10-28(17-29)22-47(25-33-35(43)13-14-37(52-6)39(33)44)32(24-46(4)5)19-27-9-8-12-31(42)18-27/h7-14,17-18,26,30,32,34,36,38H,15-16,19-25H2,1-6H3,(H,45,49)/t26-,30+,32-,34-,36-,38?/m0/s1. The highest BCUT2D eigenvalue weighted by molar-refractivity contribution is 7.89. The van der Waals surface area contributed by atoms with Gasteiger partial charge in [-0.1, -0.05) is 80.4 Å². The third kappa shape index (κ3) is 9.03. The van der Waals surface area contributed by atoms with Gasteiger partial charge in [-0.3, -0.25) is 4.90 Å². The summed E-state index contributed by atoms with van der Waals surface area (Å²) in [6, 6.07) is 18.5. The van der Waals surface area contributed by atoms with Crippen molar-refractivity contribution in [2.24, 2.45) is 23.2 Å². The van der Waals surface area contributed by atoms with Crippen LogP contribution in [-0.2, 0) is 40.8 Å². The molecule has 1 N–H and O–H groups in total. The molecule has 294 valence electrons. The molecule has 1 heterocycles. The van der Waals surface area contributed by atoms with Gasteiger partial charge in [0.05, 0.1) is 12.9 Å². The number of nitrogens with one attached hydrogen (secondary N) is 1. The summed E-state index contributed by atoms with van der Waals surface area (Å²) in [5, 5.41) is 4.01. The number of carbonyl (C=O) groups excluding carboxylic acids is 1. The van der Waals surface area contributed by atoms with Crippen LogP contribution in [0.5, 0.6) is 5.75 Å². The molecule has 3 saturated carbocycles. The molecule has 3 aliphatic carbocycles. The summed E-state index contributed by atoms with van der Waals surface area (Å²) in [5.74, 6) is 0.942. The Bertz CT molecular complexity index is 1930. The van der Waals surface area contributed by atoms with E-state index >= 15 is 4.39 Å². The first kappa shape index (κ1) is 40.7. The topological polar surface area (TPSA) is 91.4 Å². The Morgan fingerprint density at radius 1 is 1.04 bits per heavy atom. The molecule has 1 aliphatic heterocycles. The van der Waals surface area contributed by atoms with Gasteiger partial charge in [-0.15, -0.1) is 0 Å². The SMILES string of the molecule is COc1ccc(Cl)c(CN(Cc2cccc(CN3C(OC(=O)N[C@H]4C[C@H]5C[C@@H]([C@@H]4C)C5(C)C)CCS3(=O)=O)c2)[C@@H](Cc2cccc(Cl)c2)CN(C)C)c1F. The Morgan fingerprint density at radius 2 is 1.76 bits per heavy atom. The van der Waals surface area contributed by atoms with Gasteiger partial charge in [0.25, 0.3) is 0 Å². The maximum atomic E-state index is 15.8. The molecule has 0 spiro atoms. The molecular weight excluding hydrogens is 750 g/mol. The van der Waals surface area contributed by atoms with Crippen LogP contribution >= 0.6 is 23.2 Å². The van der Waals surface area contributed by atoms with Crippen molar-refractivity contribution in [3.63, 3.8) is 0 Å². The Balaban J connectivity index is 1.21. The number of likely N-dealkylation sites (N-methyl/N-ethyl adjacent to an activating group) is 1. The molecule has 3 aromatic carbocycles. The predicted octanol–water partition coefficient (Wildman–Crippen LogP) is 7.97. The first-order valence-electron chi connectivity index (χ1n) is 18.7. The van der Waals surface area contributed by atoms with Gasteiger partial charge in [0.2, 0.25) is 10.0 Å². The molecule has 13 heteroatoms. The van der Waals surface area contributed by atoms with Crippen LogP contribution in [0.1, 0.15) is 62.3 Å². The summed E-state index contributed by atoms with van der Waals surface area (Å²) in [5.41, 5.74) is 3.30. The number of carbonyl (C=O) groups is 1. The number of sulfonamides is 1. The second-order valence-corrected chi connectivity index (χ2v) is 19.1. The molecule has 0 aromatic heterocycles. The van der Waals surface area contributed by atoms with Gasteiger partial charge in [-0.2, -0.15) is 4.31 Å². The molecule has 2 bridgehead atoms. The van der Waals surface area contributed by atoms with E-state index < -0.39 is 28.2 Å². The van der Waals surface area contributed by atoms with Crippen molar-refractivity contribution < 1.29 is 27.1 Å². The highest BCUT2D eigenvalue weighted by Gasteiger charge is 2.56. The first-order valence-corrected chi connectivity index (χ1v) is 21.1. The van der Waals surface area contributed by atoms with E-state index in [1.807, 2.05) is 62.6 Å². The molecule has 4 fully saturated rings. The molecule has 1 saturated heterocycles. The predicted molar refractivity (Wildman–Crippen MR) is 211 cm³/mol. The second kappa shape index (κ2) is 16.7. The third-order valence-corrected chi connectivity index (χ3v) is 14.5. The fourth-order valence-corrected chi connectivity index (χ4v) is 11.0. The number of alkyl carbamates (subject to hydrolysis) is 1. The van der Waals surface area contributed by atoms with E-state index in [0.29, 0.717) is 52.9 Å². The second-order valence-electron chi connectivity index (χ2n) is 16.2. The zero-order valence-electron chi connectivity index (χ0n) is 32.0. The van der Waals surface area contributed by atoms with E-state index in [4.69, 9.17) is 32.7 Å². The monoisotopic (exact) mass is 802 g/mol. The van der Waals surface area contributed by atoms with Crippen molar-refractivity contribution in [1.82, 2.24) is 19.4 Å². The quantitative estimate of drug-likeness (QED) is 0.177.